The number of rotatable bonds is 2. The van der Waals surface area contributed by atoms with Crippen molar-refractivity contribution >= 4 is 15.9 Å². The summed E-state index contributed by atoms with van der Waals surface area (Å²) < 4.78 is 6.12. The largest absolute Gasteiger partial charge is 0.462 e. The molecule has 0 saturated carbocycles. The van der Waals surface area contributed by atoms with Gasteiger partial charge >= 0.3 is 0 Å². The molecule has 1 aromatic rings. The summed E-state index contributed by atoms with van der Waals surface area (Å²) in [5.41, 5.74) is 0. The van der Waals surface area contributed by atoms with Crippen LogP contribution in [0.4, 0.5) is 0 Å². The summed E-state index contributed by atoms with van der Waals surface area (Å²) >= 11 is 3.30. The zero-order valence-electron chi connectivity index (χ0n) is 6.60. The van der Waals surface area contributed by atoms with E-state index in [-0.39, 0.29) is 0 Å². The van der Waals surface area contributed by atoms with E-state index in [1.807, 2.05) is 19.9 Å². The Morgan fingerprint density at radius 1 is 1.73 bits per heavy atom. The fraction of sp³-hybridized carbons (Fsp3) is 0.500. The molecule has 1 rings (SSSR count). The van der Waals surface area contributed by atoms with Crippen molar-refractivity contribution in [2.24, 2.45) is 0 Å². The summed E-state index contributed by atoms with van der Waals surface area (Å²) in [7, 11) is 0. The Morgan fingerprint density at radius 2 is 2.36 bits per heavy atom. The van der Waals surface area contributed by atoms with Gasteiger partial charge in [0.1, 0.15) is 17.6 Å². The average Bonchev–Trinajstić information content (AvgIpc) is 2.28. The highest BCUT2D eigenvalue weighted by atomic mass is 79.9. The second-order valence-electron chi connectivity index (χ2n) is 2.49. The van der Waals surface area contributed by atoms with E-state index in [4.69, 9.17) is 4.42 Å². The predicted molar refractivity (Wildman–Crippen MR) is 46.4 cm³/mol. The van der Waals surface area contributed by atoms with Crippen LogP contribution in [-0.2, 0) is 0 Å². The van der Waals surface area contributed by atoms with Crippen molar-refractivity contribution in [2.75, 3.05) is 0 Å². The summed E-state index contributed by atoms with van der Waals surface area (Å²) in [5, 5.41) is 9.40. The molecule has 1 N–H and O–H groups in total. The van der Waals surface area contributed by atoms with E-state index in [1.165, 1.54) is 0 Å². The SMILES string of the molecule is CC[C@H](O)c1oc(C)cc1Br. The van der Waals surface area contributed by atoms with Crippen LogP contribution in [0.2, 0.25) is 0 Å². The maximum atomic E-state index is 9.40. The van der Waals surface area contributed by atoms with Gasteiger partial charge in [-0.2, -0.15) is 0 Å². The molecule has 2 nitrogen and oxygen atoms in total. The van der Waals surface area contributed by atoms with Crippen molar-refractivity contribution in [2.45, 2.75) is 26.4 Å². The smallest absolute Gasteiger partial charge is 0.146 e. The Labute approximate surface area is 74.3 Å². The van der Waals surface area contributed by atoms with Crippen LogP contribution in [0, 0.1) is 6.92 Å². The van der Waals surface area contributed by atoms with E-state index in [1.54, 1.807) is 0 Å². The third kappa shape index (κ3) is 1.84. The molecule has 0 bridgehead atoms. The van der Waals surface area contributed by atoms with Gasteiger partial charge in [0.2, 0.25) is 0 Å². The van der Waals surface area contributed by atoms with Gasteiger partial charge < -0.3 is 9.52 Å². The number of hydrogen-bond donors (Lipinski definition) is 1. The van der Waals surface area contributed by atoms with Crippen molar-refractivity contribution in [3.63, 3.8) is 0 Å². The lowest BCUT2D eigenvalue weighted by molar-refractivity contribution is 0.143. The molecule has 0 fully saturated rings. The molecule has 0 aliphatic rings. The maximum absolute atomic E-state index is 9.40. The zero-order valence-corrected chi connectivity index (χ0v) is 8.18. The van der Waals surface area contributed by atoms with E-state index >= 15 is 0 Å². The Morgan fingerprint density at radius 3 is 2.73 bits per heavy atom. The standard InChI is InChI=1S/C8H11BrO2/c1-3-7(10)8-6(9)4-5(2)11-8/h4,7,10H,3H2,1-2H3/t7-/m0/s1. The fourth-order valence-corrected chi connectivity index (χ4v) is 1.58. The molecule has 11 heavy (non-hydrogen) atoms. The quantitative estimate of drug-likeness (QED) is 0.829. The zero-order chi connectivity index (χ0) is 8.43. The van der Waals surface area contributed by atoms with E-state index in [9.17, 15) is 5.11 Å². The molecule has 0 aliphatic carbocycles. The minimum atomic E-state index is -0.488. The first kappa shape index (κ1) is 8.81. The molecule has 0 spiro atoms. The van der Waals surface area contributed by atoms with E-state index < -0.39 is 6.10 Å². The summed E-state index contributed by atoms with van der Waals surface area (Å²) in [6, 6.07) is 1.86. The van der Waals surface area contributed by atoms with Gasteiger partial charge in [0.05, 0.1) is 4.47 Å². The predicted octanol–water partition coefficient (Wildman–Crippen LogP) is 2.79. The van der Waals surface area contributed by atoms with Gasteiger partial charge in [0.25, 0.3) is 0 Å². The number of aliphatic hydroxyl groups is 1. The highest BCUT2D eigenvalue weighted by Gasteiger charge is 2.13. The Hall–Kier alpha value is -0.280. The number of aryl methyl sites for hydroxylation is 1. The van der Waals surface area contributed by atoms with E-state index in [0.29, 0.717) is 12.2 Å². The summed E-state index contributed by atoms with van der Waals surface area (Å²) in [6.07, 6.45) is 0.184. The molecule has 0 unspecified atom stereocenters. The molecule has 1 heterocycles. The van der Waals surface area contributed by atoms with Crippen LogP contribution in [0.15, 0.2) is 15.0 Å². The lowest BCUT2D eigenvalue weighted by Gasteiger charge is -2.03. The van der Waals surface area contributed by atoms with E-state index in [0.717, 1.165) is 10.2 Å². The maximum Gasteiger partial charge on any atom is 0.146 e. The molecule has 0 saturated heterocycles. The third-order valence-electron chi connectivity index (χ3n) is 1.53. The normalized spacial score (nSPS) is 13.5. The first-order valence-corrected chi connectivity index (χ1v) is 4.38. The van der Waals surface area contributed by atoms with Crippen LogP contribution in [0.1, 0.15) is 31.0 Å². The van der Waals surface area contributed by atoms with Gasteiger partial charge in [-0.15, -0.1) is 0 Å². The average molecular weight is 219 g/mol. The second-order valence-corrected chi connectivity index (χ2v) is 3.35. The Balaban J connectivity index is 2.93. The molecule has 0 amide bonds. The van der Waals surface area contributed by atoms with Crippen molar-refractivity contribution in [1.29, 1.82) is 0 Å². The summed E-state index contributed by atoms with van der Waals surface area (Å²) in [6.45, 7) is 3.77. The van der Waals surface area contributed by atoms with Crippen LogP contribution in [0.5, 0.6) is 0 Å². The summed E-state index contributed by atoms with van der Waals surface area (Å²) in [5.74, 6) is 1.45. The van der Waals surface area contributed by atoms with Crippen LogP contribution in [0.3, 0.4) is 0 Å². The summed E-state index contributed by atoms with van der Waals surface area (Å²) in [4.78, 5) is 0. The van der Waals surface area contributed by atoms with Gasteiger partial charge in [-0.3, -0.25) is 0 Å². The van der Waals surface area contributed by atoms with Gasteiger partial charge in [-0.25, -0.2) is 0 Å². The molecular weight excluding hydrogens is 208 g/mol. The highest BCUT2D eigenvalue weighted by molar-refractivity contribution is 9.10. The van der Waals surface area contributed by atoms with Crippen LogP contribution < -0.4 is 0 Å². The minimum absolute atomic E-state index is 0.488. The Bertz CT molecular complexity index is 242. The number of halogens is 1. The number of furan rings is 1. The highest BCUT2D eigenvalue weighted by Crippen LogP contribution is 2.28. The van der Waals surface area contributed by atoms with E-state index in [2.05, 4.69) is 15.9 Å². The van der Waals surface area contributed by atoms with Crippen LogP contribution in [-0.4, -0.2) is 5.11 Å². The minimum Gasteiger partial charge on any atom is -0.462 e. The van der Waals surface area contributed by atoms with Crippen LogP contribution in [0.25, 0.3) is 0 Å². The molecule has 1 aromatic heterocycles. The molecule has 62 valence electrons. The lowest BCUT2D eigenvalue weighted by Crippen LogP contribution is -1.92. The first-order valence-electron chi connectivity index (χ1n) is 3.59. The number of hydrogen-bond acceptors (Lipinski definition) is 2. The lowest BCUT2D eigenvalue weighted by atomic mass is 10.2. The second kappa shape index (κ2) is 3.41. The molecule has 3 heteroatoms. The van der Waals surface area contributed by atoms with Crippen molar-refractivity contribution in [3.05, 3.63) is 22.1 Å². The van der Waals surface area contributed by atoms with Gasteiger partial charge in [-0.05, 0) is 35.3 Å². The molecule has 0 radical (unpaired) electrons. The molecule has 0 aromatic carbocycles. The third-order valence-corrected chi connectivity index (χ3v) is 2.15. The van der Waals surface area contributed by atoms with Crippen molar-refractivity contribution < 1.29 is 9.52 Å². The Kier molecular flexibility index (Phi) is 2.73. The van der Waals surface area contributed by atoms with Crippen LogP contribution >= 0.6 is 15.9 Å². The van der Waals surface area contributed by atoms with Gasteiger partial charge in [0.15, 0.2) is 0 Å². The number of aliphatic hydroxyl groups excluding tert-OH is 1. The topological polar surface area (TPSA) is 33.4 Å². The fourth-order valence-electron chi connectivity index (χ4n) is 0.914. The van der Waals surface area contributed by atoms with Crippen molar-refractivity contribution in [1.82, 2.24) is 0 Å². The molecular formula is C8H11BrO2. The van der Waals surface area contributed by atoms with Gasteiger partial charge in [-0.1, -0.05) is 6.92 Å². The first-order chi connectivity index (χ1) is 5.15. The van der Waals surface area contributed by atoms with Gasteiger partial charge in [0, 0.05) is 0 Å². The monoisotopic (exact) mass is 218 g/mol. The molecule has 1 atom stereocenters. The van der Waals surface area contributed by atoms with Crippen molar-refractivity contribution in [3.8, 4) is 0 Å². The molecule has 0 aliphatic heterocycles.